The van der Waals surface area contributed by atoms with E-state index >= 15 is 0 Å². The summed E-state index contributed by atoms with van der Waals surface area (Å²) in [5.41, 5.74) is 0.295. The van der Waals surface area contributed by atoms with Gasteiger partial charge in [-0.2, -0.15) is 0 Å². The monoisotopic (exact) mass is 298 g/mol. The Labute approximate surface area is 124 Å². The van der Waals surface area contributed by atoms with Crippen molar-refractivity contribution in [1.82, 2.24) is 10.6 Å². The molecule has 5 nitrogen and oxygen atoms in total. The van der Waals surface area contributed by atoms with Crippen LogP contribution in [0.5, 0.6) is 11.5 Å². The summed E-state index contributed by atoms with van der Waals surface area (Å²) >= 11 is 0. The van der Waals surface area contributed by atoms with Gasteiger partial charge in [0.1, 0.15) is 11.5 Å². The van der Waals surface area contributed by atoms with Gasteiger partial charge >= 0.3 is 0 Å². The highest BCUT2D eigenvalue weighted by atomic mass is 35.5. The van der Waals surface area contributed by atoms with Gasteiger partial charge in [0.15, 0.2) is 0 Å². The molecule has 2 fully saturated rings. The standard InChI is InChI=1S/C14H18N2O3.ClH/c1-19-9-3-4-10(13(17)7-9)14(18)16-12-6-8-2-5-11(12)15-8;/h3-4,7-8,11-12,15,17H,2,5-6H2,1H3,(H,16,18);1H/t8-,11+,12+;/m1./s1. The van der Waals surface area contributed by atoms with Crippen molar-refractivity contribution in [3.05, 3.63) is 23.8 Å². The Morgan fingerprint density at radius 1 is 1.45 bits per heavy atom. The molecule has 6 heteroatoms. The topological polar surface area (TPSA) is 70.6 Å². The Morgan fingerprint density at radius 3 is 2.80 bits per heavy atom. The Morgan fingerprint density at radius 2 is 2.25 bits per heavy atom. The van der Waals surface area contributed by atoms with E-state index in [1.165, 1.54) is 19.6 Å². The van der Waals surface area contributed by atoms with Crippen molar-refractivity contribution < 1.29 is 14.6 Å². The van der Waals surface area contributed by atoms with Crippen LogP contribution >= 0.6 is 12.4 Å². The van der Waals surface area contributed by atoms with Crippen LogP contribution in [0, 0.1) is 0 Å². The van der Waals surface area contributed by atoms with Crippen molar-refractivity contribution in [1.29, 1.82) is 0 Å². The number of carbonyl (C=O) groups excluding carboxylic acids is 1. The van der Waals surface area contributed by atoms with Gasteiger partial charge in [0.05, 0.1) is 12.7 Å². The normalized spacial score (nSPS) is 26.9. The quantitative estimate of drug-likeness (QED) is 0.790. The molecule has 110 valence electrons. The van der Waals surface area contributed by atoms with E-state index in [0.29, 0.717) is 23.4 Å². The zero-order valence-corrected chi connectivity index (χ0v) is 12.1. The maximum absolute atomic E-state index is 12.2. The summed E-state index contributed by atoms with van der Waals surface area (Å²) in [4.78, 5) is 12.2. The molecule has 2 heterocycles. The molecular weight excluding hydrogens is 280 g/mol. The number of carbonyl (C=O) groups is 1. The largest absolute Gasteiger partial charge is 0.507 e. The van der Waals surface area contributed by atoms with Crippen LogP contribution in [0.1, 0.15) is 29.6 Å². The van der Waals surface area contributed by atoms with Gasteiger partial charge < -0.3 is 20.5 Å². The number of phenolic OH excluding ortho intramolecular Hbond substituents is 1. The van der Waals surface area contributed by atoms with Crippen LogP contribution in [0.4, 0.5) is 0 Å². The SMILES string of the molecule is COc1ccc(C(=O)N[C@H]2C[C@H]3CC[C@@H]2N3)c(O)c1.Cl. The number of amides is 1. The van der Waals surface area contributed by atoms with E-state index in [-0.39, 0.29) is 30.1 Å². The fourth-order valence-corrected chi connectivity index (χ4v) is 3.06. The van der Waals surface area contributed by atoms with Crippen LogP contribution in [0.2, 0.25) is 0 Å². The number of benzene rings is 1. The molecule has 1 amide bonds. The van der Waals surface area contributed by atoms with Crippen LogP contribution in [0.15, 0.2) is 18.2 Å². The van der Waals surface area contributed by atoms with Crippen LogP contribution in [-0.2, 0) is 0 Å². The molecule has 0 aliphatic carbocycles. The van der Waals surface area contributed by atoms with E-state index in [1.54, 1.807) is 12.1 Å². The van der Waals surface area contributed by atoms with E-state index < -0.39 is 0 Å². The molecule has 1 aromatic carbocycles. The number of phenols is 1. The highest BCUT2D eigenvalue weighted by Crippen LogP contribution is 2.29. The van der Waals surface area contributed by atoms with Gasteiger partial charge in [-0.05, 0) is 31.4 Å². The molecule has 20 heavy (non-hydrogen) atoms. The van der Waals surface area contributed by atoms with Gasteiger partial charge in [-0.3, -0.25) is 4.79 Å². The van der Waals surface area contributed by atoms with E-state index in [0.717, 1.165) is 12.8 Å². The van der Waals surface area contributed by atoms with E-state index in [4.69, 9.17) is 4.74 Å². The van der Waals surface area contributed by atoms with Gasteiger partial charge in [0, 0.05) is 24.2 Å². The molecule has 0 unspecified atom stereocenters. The predicted octanol–water partition coefficient (Wildman–Crippen LogP) is 1.45. The third-order valence-electron chi connectivity index (χ3n) is 4.07. The summed E-state index contributed by atoms with van der Waals surface area (Å²) in [6.45, 7) is 0. The smallest absolute Gasteiger partial charge is 0.255 e. The van der Waals surface area contributed by atoms with Crippen LogP contribution in [-0.4, -0.2) is 36.2 Å². The lowest BCUT2D eigenvalue weighted by molar-refractivity contribution is 0.0928. The van der Waals surface area contributed by atoms with Crippen LogP contribution in [0.3, 0.4) is 0 Å². The minimum Gasteiger partial charge on any atom is -0.507 e. The highest BCUT2D eigenvalue weighted by Gasteiger charge is 2.39. The van der Waals surface area contributed by atoms with Crippen molar-refractivity contribution >= 4 is 18.3 Å². The fourth-order valence-electron chi connectivity index (χ4n) is 3.06. The fraction of sp³-hybridized carbons (Fsp3) is 0.500. The summed E-state index contributed by atoms with van der Waals surface area (Å²) in [6, 6.07) is 5.81. The van der Waals surface area contributed by atoms with Crippen molar-refractivity contribution in [2.75, 3.05) is 7.11 Å². The first kappa shape index (κ1) is 14.9. The minimum atomic E-state index is -0.223. The predicted molar refractivity (Wildman–Crippen MR) is 77.7 cm³/mol. The van der Waals surface area contributed by atoms with Crippen molar-refractivity contribution in [3.63, 3.8) is 0 Å². The second-order valence-electron chi connectivity index (χ2n) is 5.25. The first-order valence-corrected chi connectivity index (χ1v) is 6.61. The third kappa shape index (κ3) is 2.69. The molecular formula is C14H19ClN2O3. The maximum Gasteiger partial charge on any atom is 0.255 e. The highest BCUT2D eigenvalue weighted by molar-refractivity contribution is 5.97. The van der Waals surface area contributed by atoms with Gasteiger partial charge in [0.2, 0.25) is 0 Å². The number of aromatic hydroxyl groups is 1. The lowest BCUT2D eigenvalue weighted by atomic mass is 9.95. The number of hydrogen-bond donors (Lipinski definition) is 3. The second-order valence-corrected chi connectivity index (χ2v) is 5.25. The first-order chi connectivity index (χ1) is 9.17. The van der Waals surface area contributed by atoms with Gasteiger partial charge in [-0.25, -0.2) is 0 Å². The second kappa shape index (κ2) is 5.89. The number of nitrogens with one attached hydrogen (secondary N) is 2. The molecule has 3 N–H and O–H groups in total. The summed E-state index contributed by atoms with van der Waals surface area (Å²) in [5, 5.41) is 16.3. The van der Waals surface area contributed by atoms with E-state index in [1.807, 2.05) is 0 Å². The first-order valence-electron chi connectivity index (χ1n) is 6.61. The van der Waals surface area contributed by atoms with Crippen LogP contribution < -0.4 is 15.4 Å². The minimum absolute atomic E-state index is 0. The summed E-state index contributed by atoms with van der Waals surface area (Å²) < 4.78 is 5.00. The van der Waals surface area contributed by atoms with Crippen molar-refractivity contribution in [2.45, 2.75) is 37.4 Å². The zero-order chi connectivity index (χ0) is 13.4. The van der Waals surface area contributed by atoms with E-state index in [2.05, 4.69) is 10.6 Å². The number of fused-ring (bicyclic) bond motifs is 2. The molecule has 2 aliphatic heterocycles. The summed E-state index contributed by atoms with van der Waals surface area (Å²) in [5.74, 6) is 0.267. The number of halogens is 1. The lowest BCUT2D eigenvalue weighted by Gasteiger charge is -2.21. The molecule has 2 aliphatic rings. The molecule has 0 radical (unpaired) electrons. The molecule has 3 rings (SSSR count). The zero-order valence-electron chi connectivity index (χ0n) is 11.3. The molecule has 0 saturated carbocycles. The Balaban J connectivity index is 0.00000147. The molecule has 3 atom stereocenters. The average Bonchev–Trinajstić information content (AvgIpc) is 3.00. The molecule has 2 bridgehead atoms. The Kier molecular flexibility index (Phi) is 4.40. The maximum atomic E-state index is 12.2. The molecule has 0 spiro atoms. The van der Waals surface area contributed by atoms with Crippen LogP contribution in [0.25, 0.3) is 0 Å². The van der Waals surface area contributed by atoms with Gasteiger partial charge in [-0.1, -0.05) is 0 Å². The lowest BCUT2D eigenvalue weighted by Crippen LogP contribution is -2.42. The summed E-state index contributed by atoms with van der Waals surface area (Å²) in [6.07, 6.45) is 3.29. The molecule has 0 aromatic heterocycles. The van der Waals surface area contributed by atoms with Crippen molar-refractivity contribution in [3.8, 4) is 11.5 Å². The van der Waals surface area contributed by atoms with Gasteiger partial charge in [-0.15, -0.1) is 12.4 Å². The van der Waals surface area contributed by atoms with Crippen molar-refractivity contribution in [2.24, 2.45) is 0 Å². The number of ether oxygens (including phenoxy) is 1. The molecule has 2 saturated heterocycles. The van der Waals surface area contributed by atoms with Gasteiger partial charge in [0.25, 0.3) is 5.91 Å². The Hall–Kier alpha value is -1.46. The summed E-state index contributed by atoms with van der Waals surface area (Å²) in [7, 11) is 1.52. The van der Waals surface area contributed by atoms with E-state index in [9.17, 15) is 9.90 Å². The Bertz CT molecular complexity index is 509. The average molecular weight is 299 g/mol. The number of methoxy groups -OCH3 is 1. The third-order valence-corrected chi connectivity index (χ3v) is 4.07. The number of hydrogen-bond acceptors (Lipinski definition) is 4. The molecule has 1 aromatic rings. The number of rotatable bonds is 3.